The predicted octanol–water partition coefficient (Wildman–Crippen LogP) is 3.36. The van der Waals surface area contributed by atoms with Crippen LogP contribution in [0.2, 0.25) is 0 Å². The van der Waals surface area contributed by atoms with Crippen LogP contribution in [0.1, 0.15) is 12.5 Å². The quantitative estimate of drug-likeness (QED) is 0.865. The van der Waals surface area contributed by atoms with Crippen LogP contribution in [0.3, 0.4) is 0 Å². The second-order valence-electron chi connectivity index (χ2n) is 3.96. The molecule has 0 bridgehead atoms. The lowest BCUT2D eigenvalue weighted by atomic mass is 10.2. The molecule has 0 spiro atoms. The maximum atomic E-state index is 12.5. The molecule has 2 N–H and O–H groups in total. The number of nitrogens with two attached hydrogens (primary N) is 1. The summed E-state index contributed by atoms with van der Waals surface area (Å²) in [5.74, 6) is -0.326. The number of halogens is 6. The first-order valence-corrected chi connectivity index (χ1v) is 5.18. The molecule has 0 aliphatic carbocycles. The van der Waals surface area contributed by atoms with E-state index in [0.29, 0.717) is 12.1 Å². The Morgan fingerprint density at radius 3 is 1.79 bits per heavy atom. The van der Waals surface area contributed by atoms with E-state index in [9.17, 15) is 26.3 Å². The van der Waals surface area contributed by atoms with Crippen LogP contribution < -0.4 is 10.5 Å². The predicted molar refractivity (Wildman–Crippen MR) is 55.6 cm³/mol. The molecule has 2 unspecified atom stereocenters. The molecule has 0 aliphatic rings. The van der Waals surface area contributed by atoms with Gasteiger partial charge in [-0.05, 0) is 31.2 Å². The largest absolute Gasteiger partial charge is 0.479 e. The fourth-order valence-electron chi connectivity index (χ4n) is 1.34. The van der Waals surface area contributed by atoms with Gasteiger partial charge >= 0.3 is 12.4 Å². The highest BCUT2D eigenvalue weighted by atomic mass is 19.4. The second-order valence-corrected chi connectivity index (χ2v) is 3.96. The normalized spacial score (nSPS) is 16.0. The van der Waals surface area contributed by atoms with E-state index >= 15 is 0 Å². The van der Waals surface area contributed by atoms with Crippen molar-refractivity contribution < 1.29 is 31.1 Å². The average Bonchev–Trinajstić information content (AvgIpc) is 2.23. The molecule has 1 aromatic rings. The molecular formula is C11H11F6NO. The summed E-state index contributed by atoms with van der Waals surface area (Å²) in [4.78, 5) is 0. The monoisotopic (exact) mass is 287 g/mol. The van der Waals surface area contributed by atoms with Gasteiger partial charge in [-0.15, -0.1) is 0 Å². The summed E-state index contributed by atoms with van der Waals surface area (Å²) in [7, 11) is 0. The van der Waals surface area contributed by atoms with Gasteiger partial charge in [0.2, 0.25) is 6.10 Å². The summed E-state index contributed by atoms with van der Waals surface area (Å²) in [5, 5.41) is 0. The average molecular weight is 287 g/mol. The zero-order valence-corrected chi connectivity index (χ0v) is 9.72. The lowest BCUT2D eigenvalue weighted by Gasteiger charge is -2.24. The summed E-state index contributed by atoms with van der Waals surface area (Å²) in [5.41, 5.74) is 4.18. The third kappa shape index (κ3) is 4.30. The minimum absolute atomic E-state index is 0.326. The molecule has 1 aromatic carbocycles. The minimum atomic E-state index is -4.70. The summed E-state index contributed by atoms with van der Waals surface area (Å²) >= 11 is 0. The first kappa shape index (κ1) is 15.6. The number of ether oxygens (including phenoxy) is 1. The van der Waals surface area contributed by atoms with Crippen molar-refractivity contribution in [2.24, 2.45) is 5.73 Å². The fourth-order valence-corrected chi connectivity index (χ4v) is 1.34. The Hall–Kier alpha value is -1.44. The van der Waals surface area contributed by atoms with Crippen molar-refractivity contribution in [2.75, 3.05) is 0 Å². The molecule has 0 heterocycles. The van der Waals surface area contributed by atoms with E-state index < -0.39 is 30.1 Å². The topological polar surface area (TPSA) is 35.2 Å². The van der Waals surface area contributed by atoms with E-state index in [1.807, 2.05) is 0 Å². The standard InChI is InChI=1S/C11H11F6NO/c1-6(18)9(11(15,16)17)19-8-4-2-7(3-5-8)10(12,13)14/h2-6,9H,18H2,1H3. The van der Waals surface area contributed by atoms with Crippen LogP contribution in [0.25, 0.3) is 0 Å². The van der Waals surface area contributed by atoms with E-state index in [1.54, 1.807) is 0 Å². The van der Waals surface area contributed by atoms with Crippen molar-refractivity contribution in [3.05, 3.63) is 29.8 Å². The molecule has 0 radical (unpaired) electrons. The van der Waals surface area contributed by atoms with Crippen molar-refractivity contribution in [1.29, 1.82) is 0 Å². The van der Waals surface area contributed by atoms with Crippen LogP contribution in [0.5, 0.6) is 5.75 Å². The molecular weight excluding hydrogens is 276 g/mol. The Bertz CT molecular complexity index is 409. The zero-order chi connectivity index (χ0) is 14.8. The van der Waals surface area contributed by atoms with Crippen LogP contribution in [0.4, 0.5) is 26.3 Å². The van der Waals surface area contributed by atoms with Crippen molar-refractivity contribution in [2.45, 2.75) is 31.4 Å². The highest BCUT2D eigenvalue weighted by Gasteiger charge is 2.44. The molecule has 1 rings (SSSR count). The van der Waals surface area contributed by atoms with Gasteiger partial charge < -0.3 is 10.5 Å². The van der Waals surface area contributed by atoms with E-state index in [0.717, 1.165) is 19.1 Å². The van der Waals surface area contributed by atoms with Crippen molar-refractivity contribution in [3.8, 4) is 5.75 Å². The van der Waals surface area contributed by atoms with E-state index in [-0.39, 0.29) is 5.75 Å². The van der Waals surface area contributed by atoms with Gasteiger partial charge in [-0.3, -0.25) is 0 Å². The van der Waals surface area contributed by atoms with Crippen molar-refractivity contribution >= 4 is 0 Å². The molecule has 0 saturated carbocycles. The van der Waals surface area contributed by atoms with Crippen LogP contribution in [-0.4, -0.2) is 18.3 Å². The van der Waals surface area contributed by atoms with Gasteiger partial charge in [0, 0.05) is 6.04 Å². The number of benzene rings is 1. The minimum Gasteiger partial charge on any atom is -0.479 e. The lowest BCUT2D eigenvalue weighted by molar-refractivity contribution is -0.199. The van der Waals surface area contributed by atoms with Gasteiger partial charge in [-0.2, -0.15) is 26.3 Å². The highest BCUT2D eigenvalue weighted by Crippen LogP contribution is 2.32. The van der Waals surface area contributed by atoms with E-state index in [2.05, 4.69) is 4.74 Å². The molecule has 0 aliphatic heterocycles. The van der Waals surface area contributed by atoms with Gasteiger partial charge in [0.1, 0.15) is 5.75 Å². The lowest BCUT2D eigenvalue weighted by Crippen LogP contribution is -2.47. The first-order valence-electron chi connectivity index (χ1n) is 5.18. The molecule has 0 saturated heterocycles. The molecule has 2 atom stereocenters. The maximum absolute atomic E-state index is 12.5. The summed E-state index contributed by atoms with van der Waals surface area (Å²) < 4.78 is 79.0. The number of hydrogen-bond donors (Lipinski definition) is 1. The fraction of sp³-hybridized carbons (Fsp3) is 0.455. The van der Waals surface area contributed by atoms with Gasteiger partial charge in [-0.25, -0.2) is 0 Å². The van der Waals surface area contributed by atoms with E-state index in [4.69, 9.17) is 5.73 Å². The van der Waals surface area contributed by atoms with Crippen molar-refractivity contribution in [1.82, 2.24) is 0 Å². The first-order chi connectivity index (χ1) is 8.51. The van der Waals surface area contributed by atoms with Gasteiger partial charge in [0.05, 0.1) is 5.56 Å². The number of alkyl halides is 6. The maximum Gasteiger partial charge on any atom is 0.426 e. The summed E-state index contributed by atoms with van der Waals surface area (Å²) in [6.45, 7) is 1.10. The van der Waals surface area contributed by atoms with Crippen LogP contribution in [0.15, 0.2) is 24.3 Å². The molecule has 8 heteroatoms. The van der Waals surface area contributed by atoms with Gasteiger partial charge in [0.25, 0.3) is 0 Å². The molecule has 0 fully saturated rings. The third-order valence-electron chi connectivity index (χ3n) is 2.24. The van der Waals surface area contributed by atoms with Crippen LogP contribution in [-0.2, 0) is 6.18 Å². The zero-order valence-electron chi connectivity index (χ0n) is 9.72. The third-order valence-corrected chi connectivity index (χ3v) is 2.24. The Morgan fingerprint density at radius 1 is 1.00 bits per heavy atom. The number of rotatable bonds is 3. The molecule has 2 nitrogen and oxygen atoms in total. The number of hydrogen-bond acceptors (Lipinski definition) is 2. The summed E-state index contributed by atoms with van der Waals surface area (Å²) in [6, 6.07) is 1.59. The summed E-state index contributed by atoms with van der Waals surface area (Å²) in [6.07, 6.45) is -11.5. The van der Waals surface area contributed by atoms with Crippen LogP contribution >= 0.6 is 0 Å². The van der Waals surface area contributed by atoms with Gasteiger partial charge in [0.15, 0.2) is 0 Å². The molecule has 0 aromatic heterocycles. The molecule has 0 amide bonds. The highest BCUT2D eigenvalue weighted by molar-refractivity contribution is 5.29. The van der Waals surface area contributed by atoms with Crippen LogP contribution in [0, 0.1) is 0 Å². The SMILES string of the molecule is CC(N)C(Oc1ccc(C(F)(F)F)cc1)C(F)(F)F. The Balaban J connectivity index is 2.88. The second kappa shape index (κ2) is 5.28. The van der Waals surface area contributed by atoms with E-state index in [1.165, 1.54) is 0 Å². The van der Waals surface area contributed by atoms with Crippen molar-refractivity contribution in [3.63, 3.8) is 0 Å². The Kier molecular flexibility index (Phi) is 4.34. The Labute approximate surface area is 105 Å². The smallest absolute Gasteiger partial charge is 0.426 e. The Morgan fingerprint density at radius 2 is 1.47 bits per heavy atom. The molecule has 108 valence electrons. The van der Waals surface area contributed by atoms with Gasteiger partial charge in [-0.1, -0.05) is 0 Å². The molecule has 19 heavy (non-hydrogen) atoms.